The van der Waals surface area contributed by atoms with Crippen LogP contribution in [0.3, 0.4) is 0 Å². The summed E-state index contributed by atoms with van der Waals surface area (Å²) >= 11 is 0. The van der Waals surface area contributed by atoms with Gasteiger partial charge in [0.1, 0.15) is 0 Å². The number of nitrogens with zero attached hydrogens (tertiary/aromatic N) is 1. The maximum Gasteiger partial charge on any atom is 0.0858 e. The molecule has 3 atom stereocenters. The Morgan fingerprint density at radius 1 is 1.35 bits per heavy atom. The number of nitrogens with two attached hydrogens (primary N) is 1. The summed E-state index contributed by atoms with van der Waals surface area (Å²) in [6.07, 6.45) is 4.04. The Morgan fingerprint density at radius 3 is 2.50 bits per heavy atom. The summed E-state index contributed by atoms with van der Waals surface area (Å²) in [7, 11) is 4.05. The number of aliphatic hydroxyl groups is 1. The van der Waals surface area contributed by atoms with Crippen LogP contribution in [0.2, 0.25) is 0 Å². The van der Waals surface area contributed by atoms with Gasteiger partial charge in [0.05, 0.1) is 6.10 Å². The SMILES string of the molecule is CC1CCCC(CN)(C(O)c2ccc(N(C)C)cc2)C1. The first-order valence-electron chi connectivity index (χ1n) is 7.64. The number of hydrogen-bond donors (Lipinski definition) is 2. The van der Waals surface area contributed by atoms with Gasteiger partial charge in [-0.25, -0.2) is 0 Å². The van der Waals surface area contributed by atoms with Crippen molar-refractivity contribution in [2.24, 2.45) is 17.1 Å². The number of hydrogen-bond acceptors (Lipinski definition) is 3. The van der Waals surface area contributed by atoms with Crippen LogP contribution in [0.4, 0.5) is 5.69 Å². The number of aliphatic hydroxyl groups excluding tert-OH is 1. The van der Waals surface area contributed by atoms with Crippen LogP contribution in [0, 0.1) is 11.3 Å². The molecule has 3 nitrogen and oxygen atoms in total. The molecule has 1 saturated carbocycles. The van der Waals surface area contributed by atoms with E-state index in [2.05, 4.69) is 24.0 Å². The highest BCUT2D eigenvalue weighted by atomic mass is 16.3. The molecule has 0 saturated heterocycles. The quantitative estimate of drug-likeness (QED) is 0.889. The lowest BCUT2D eigenvalue weighted by atomic mass is 9.65. The maximum absolute atomic E-state index is 10.8. The molecule has 0 heterocycles. The average molecular weight is 276 g/mol. The van der Waals surface area contributed by atoms with Gasteiger partial charge in [0.15, 0.2) is 0 Å². The summed E-state index contributed by atoms with van der Waals surface area (Å²) in [4.78, 5) is 2.07. The molecule has 0 spiro atoms. The minimum Gasteiger partial charge on any atom is -0.388 e. The minimum absolute atomic E-state index is 0.142. The van der Waals surface area contributed by atoms with Crippen LogP contribution in [0.5, 0.6) is 0 Å². The highest BCUT2D eigenvalue weighted by Crippen LogP contribution is 2.47. The van der Waals surface area contributed by atoms with Crippen molar-refractivity contribution < 1.29 is 5.11 Å². The van der Waals surface area contributed by atoms with E-state index in [9.17, 15) is 5.11 Å². The summed E-state index contributed by atoms with van der Waals surface area (Å²) in [6, 6.07) is 8.21. The van der Waals surface area contributed by atoms with E-state index in [1.807, 2.05) is 26.2 Å². The van der Waals surface area contributed by atoms with Gasteiger partial charge in [-0.2, -0.15) is 0 Å². The zero-order valence-electron chi connectivity index (χ0n) is 13.0. The van der Waals surface area contributed by atoms with E-state index >= 15 is 0 Å². The number of benzene rings is 1. The molecule has 2 rings (SSSR count). The molecule has 1 aromatic carbocycles. The predicted molar refractivity (Wildman–Crippen MR) is 84.8 cm³/mol. The van der Waals surface area contributed by atoms with Gasteiger partial charge in [-0.1, -0.05) is 31.9 Å². The third-order valence-electron chi connectivity index (χ3n) is 4.84. The Morgan fingerprint density at radius 2 is 2.00 bits per heavy atom. The molecule has 20 heavy (non-hydrogen) atoms. The Hall–Kier alpha value is -1.06. The lowest BCUT2D eigenvalue weighted by Gasteiger charge is -2.43. The fourth-order valence-corrected chi connectivity index (χ4v) is 3.55. The lowest BCUT2D eigenvalue weighted by Crippen LogP contribution is -2.40. The molecule has 0 aromatic heterocycles. The second kappa shape index (κ2) is 6.15. The molecule has 3 heteroatoms. The van der Waals surface area contributed by atoms with Crippen molar-refractivity contribution in [3.05, 3.63) is 29.8 Å². The largest absolute Gasteiger partial charge is 0.388 e. The molecule has 1 aliphatic rings. The standard InChI is InChI=1S/C17H28N2O/c1-13-5-4-10-17(11-13,12-18)16(20)14-6-8-15(9-7-14)19(2)3/h6-9,13,16,20H,4-5,10-12,18H2,1-3H3. The number of anilines is 1. The van der Waals surface area contributed by atoms with E-state index in [1.54, 1.807) is 0 Å². The van der Waals surface area contributed by atoms with Crippen LogP contribution in [0.25, 0.3) is 0 Å². The summed E-state index contributed by atoms with van der Waals surface area (Å²) in [5.74, 6) is 0.656. The molecule has 0 radical (unpaired) electrons. The van der Waals surface area contributed by atoms with E-state index in [4.69, 9.17) is 5.73 Å². The topological polar surface area (TPSA) is 49.5 Å². The Kier molecular flexibility index (Phi) is 4.71. The summed E-state index contributed by atoms with van der Waals surface area (Å²) in [5.41, 5.74) is 8.06. The van der Waals surface area contributed by atoms with Crippen molar-refractivity contribution in [2.75, 3.05) is 25.5 Å². The van der Waals surface area contributed by atoms with Crippen LogP contribution in [0.15, 0.2) is 24.3 Å². The van der Waals surface area contributed by atoms with Gasteiger partial charge in [0.2, 0.25) is 0 Å². The van der Waals surface area contributed by atoms with Crippen molar-refractivity contribution in [1.82, 2.24) is 0 Å². The lowest BCUT2D eigenvalue weighted by molar-refractivity contribution is -0.0130. The molecule has 112 valence electrons. The van der Waals surface area contributed by atoms with Crippen molar-refractivity contribution in [1.29, 1.82) is 0 Å². The number of rotatable bonds is 4. The molecular formula is C17H28N2O. The van der Waals surface area contributed by atoms with Crippen molar-refractivity contribution in [3.8, 4) is 0 Å². The second-order valence-corrected chi connectivity index (χ2v) is 6.66. The molecule has 0 aliphatic heterocycles. The molecule has 1 aromatic rings. The van der Waals surface area contributed by atoms with Gasteiger partial charge in [0.25, 0.3) is 0 Å². The van der Waals surface area contributed by atoms with Gasteiger partial charge in [0, 0.05) is 31.7 Å². The molecule has 0 amide bonds. The van der Waals surface area contributed by atoms with Gasteiger partial charge in [-0.05, 0) is 36.5 Å². The zero-order valence-corrected chi connectivity index (χ0v) is 13.0. The van der Waals surface area contributed by atoms with Crippen LogP contribution in [-0.2, 0) is 0 Å². The third kappa shape index (κ3) is 2.99. The summed E-state index contributed by atoms with van der Waals surface area (Å²) in [5, 5.41) is 10.8. The first kappa shape index (κ1) is 15.3. The first-order chi connectivity index (χ1) is 9.48. The van der Waals surface area contributed by atoms with Crippen molar-refractivity contribution in [2.45, 2.75) is 38.7 Å². The van der Waals surface area contributed by atoms with Gasteiger partial charge >= 0.3 is 0 Å². The van der Waals surface area contributed by atoms with Crippen LogP contribution >= 0.6 is 0 Å². The Balaban J connectivity index is 2.21. The minimum atomic E-state index is -0.452. The van der Waals surface area contributed by atoms with Gasteiger partial charge in [-0.3, -0.25) is 0 Å². The average Bonchev–Trinajstić information content (AvgIpc) is 2.46. The monoisotopic (exact) mass is 276 g/mol. The Bertz CT molecular complexity index is 429. The van der Waals surface area contributed by atoms with Crippen molar-refractivity contribution in [3.63, 3.8) is 0 Å². The Labute approximate surface area is 122 Å². The highest BCUT2D eigenvalue weighted by molar-refractivity contribution is 5.46. The molecule has 3 N–H and O–H groups in total. The first-order valence-corrected chi connectivity index (χ1v) is 7.64. The van der Waals surface area contributed by atoms with E-state index in [0.717, 1.165) is 24.1 Å². The predicted octanol–water partition coefficient (Wildman–Crippen LogP) is 2.94. The maximum atomic E-state index is 10.8. The molecule has 1 aliphatic carbocycles. The van der Waals surface area contributed by atoms with E-state index in [0.29, 0.717) is 12.5 Å². The van der Waals surface area contributed by atoms with Crippen molar-refractivity contribution >= 4 is 5.69 Å². The van der Waals surface area contributed by atoms with E-state index < -0.39 is 6.10 Å². The highest BCUT2D eigenvalue weighted by Gasteiger charge is 2.40. The van der Waals surface area contributed by atoms with Crippen LogP contribution in [-0.4, -0.2) is 25.7 Å². The fraction of sp³-hybridized carbons (Fsp3) is 0.647. The van der Waals surface area contributed by atoms with Gasteiger partial charge in [-0.15, -0.1) is 0 Å². The summed E-state index contributed by atoms with van der Waals surface area (Å²) in [6.45, 7) is 2.83. The third-order valence-corrected chi connectivity index (χ3v) is 4.84. The summed E-state index contributed by atoms with van der Waals surface area (Å²) < 4.78 is 0. The van der Waals surface area contributed by atoms with E-state index in [1.165, 1.54) is 12.8 Å². The molecule has 0 bridgehead atoms. The van der Waals surface area contributed by atoms with Crippen LogP contribution in [0.1, 0.15) is 44.3 Å². The molecule has 1 fully saturated rings. The molecule has 3 unspecified atom stereocenters. The van der Waals surface area contributed by atoms with Crippen LogP contribution < -0.4 is 10.6 Å². The smallest absolute Gasteiger partial charge is 0.0858 e. The fourth-order valence-electron chi connectivity index (χ4n) is 3.55. The zero-order chi connectivity index (χ0) is 14.8. The normalized spacial score (nSPS) is 28.1. The van der Waals surface area contributed by atoms with E-state index in [-0.39, 0.29) is 5.41 Å². The van der Waals surface area contributed by atoms with Gasteiger partial charge < -0.3 is 15.7 Å². The molecular weight excluding hydrogens is 248 g/mol. The second-order valence-electron chi connectivity index (χ2n) is 6.66.